The summed E-state index contributed by atoms with van der Waals surface area (Å²) in [6.07, 6.45) is 0.752. The fraction of sp³-hybridized carbons (Fsp3) is 0.462. The Morgan fingerprint density at radius 1 is 1.29 bits per heavy atom. The average molecular weight is 338 g/mol. The van der Waals surface area contributed by atoms with Crippen molar-refractivity contribution >= 4 is 25.6 Å². The number of halogens is 3. The van der Waals surface area contributed by atoms with Gasteiger partial charge in [-0.3, -0.25) is 4.79 Å². The zero-order chi connectivity index (χ0) is 16.0. The summed E-state index contributed by atoms with van der Waals surface area (Å²) in [5.41, 5.74) is -0.582. The fourth-order valence-corrected chi connectivity index (χ4v) is 3.24. The van der Waals surface area contributed by atoms with Crippen molar-refractivity contribution < 1.29 is 22.0 Å². The summed E-state index contributed by atoms with van der Waals surface area (Å²) in [6.45, 7) is 4.79. The second kappa shape index (κ2) is 5.21. The molecule has 0 atom stereocenters. The minimum absolute atomic E-state index is 0.0897. The van der Waals surface area contributed by atoms with Gasteiger partial charge in [0.25, 0.3) is 15.0 Å². The predicted octanol–water partition coefficient (Wildman–Crippen LogP) is 2.76. The van der Waals surface area contributed by atoms with Crippen molar-refractivity contribution in [3.63, 3.8) is 0 Å². The van der Waals surface area contributed by atoms with Gasteiger partial charge in [-0.1, -0.05) is 13.8 Å². The number of carbonyl (C=O) groups is 1. The molecule has 1 aliphatic rings. The second-order valence-corrected chi connectivity index (χ2v) is 8.38. The second-order valence-electron chi connectivity index (χ2n) is 5.84. The van der Waals surface area contributed by atoms with E-state index < -0.39 is 37.1 Å². The quantitative estimate of drug-likeness (QED) is 0.780. The molecule has 0 aromatic heterocycles. The number of benzene rings is 1. The van der Waals surface area contributed by atoms with Gasteiger partial charge in [0, 0.05) is 29.8 Å². The van der Waals surface area contributed by atoms with Crippen LogP contribution in [0.5, 0.6) is 0 Å². The van der Waals surface area contributed by atoms with Crippen molar-refractivity contribution in [2.45, 2.75) is 25.2 Å². The lowest BCUT2D eigenvalue weighted by Crippen LogP contribution is -2.31. The summed E-state index contributed by atoms with van der Waals surface area (Å²) in [5.74, 6) is -3.09. The van der Waals surface area contributed by atoms with Gasteiger partial charge >= 0.3 is 0 Å². The first-order valence-corrected chi connectivity index (χ1v) is 8.55. The highest BCUT2D eigenvalue weighted by Crippen LogP contribution is 2.31. The monoisotopic (exact) mass is 337 g/mol. The molecule has 2 rings (SSSR count). The molecule has 0 unspecified atom stereocenters. The molecule has 1 aromatic carbocycles. The van der Waals surface area contributed by atoms with Crippen molar-refractivity contribution in [2.75, 3.05) is 13.1 Å². The van der Waals surface area contributed by atoms with Crippen LogP contribution in [0, 0.1) is 17.0 Å². The topological polar surface area (TPSA) is 54.5 Å². The van der Waals surface area contributed by atoms with Crippen LogP contribution in [0.15, 0.2) is 17.0 Å². The summed E-state index contributed by atoms with van der Waals surface area (Å²) < 4.78 is 49.7. The molecular weight excluding hydrogens is 324 g/mol. The number of rotatable bonds is 2. The third kappa shape index (κ3) is 3.35. The van der Waals surface area contributed by atoms with Gasteiger partial charge in [-0.05, 0) is 17.9 Å². The highest BCUT2D eigenvalue weighted by Gasteiger charge is 2.34. The van der Waals surface area contributed by atoms with E-state index in [0.29, 0.717) is 25.2 Å². The summed E-state index contributed by atoms with van der Waals surface area (Å²) in [6, 6.07) is 1.02. The normalized spacial score (nSPS) is 18.0. The molecule has 1 aliphatic heterocycles. The lowest BCUT2D eigenvalue weighted by Gasteiger charge is -2.20. The molecule has 0 aliphatic carbocycles. The van der Waals surface area contributed by atoms with Crippen molar-refractivity contribution in [2.24, 2.45) is 5.41 Å². The maximum atomic E-state index is 13.8. The van der Waals surface area contributed by atoms with E-state index in [9.17, 15) is 22.0 Å². The SMILES string of the molecule is CC1(C)CCN(C(=O)c2cc(S(=O)(=O)Cl)c(F)cc2F)C1. The third-order valence-corrected chi connectivity index (χ3v) is 4.82. The van der Waals surface area contributed by atoms with Crippen LogP contribution in [-0.4, -0.2) is 32.3 Å². The third-order valence-electron chi connectivity index (χ3n) is 3.48. The first-order chi connectivity index (χ1) is 9.51. The molecule has 0 bridgehead atoms. The molecule has 1 fully saturated rings. The molecule has 1 amide bonds. The summed E-state index contributed by atoms with van der Waals surface area (Å²) in [4.78, 5) is 12.8. The molecule has 0 radical (unpaired) electrons. The fourth-order valence-electron chi connectivity index (χ4n) is 2.34. The largest absolute Gasteiger partial charge is 0.338 e. The average Bonchev–Trinajstić information content (AvgIpc) is 2.67. The van der Waals surface area contributed by atoms with E-state index in [2.05, 4.69) is 0 Å². The first kappa shape index (κ1) is 16.2. The Bertz CT molecular complexity index is 704. The van der Waals surface area contributed by atoms with E-state index in [1.165, 1.54) is 4.90 Å². The van der Waals surface area contributed by atoms with E-state index >= 15 is 0 Å². The summed E-state index contributed by atoms with van der Waals surface area (Å²) >= 11 is 0. The van der Waals surface area contributed by atoms with Crippen molar-refractivity contribution in [3.8, 4) is 0 Å². The van der Waals surface area contributed by atoms with Gasteiger partial charge in [-0.25, -0.2) is 17.2 Å². The first-order valence-electron chi connectivity index (χ1n) is 6.24. The van der Waals surface area contributed by atoms with Gasteiger partial charge in [0.05, 0.1) is 5.56 Å². The van der Waals surface area contributed by atoms with Crippen LogP contribution in [0.25, 0.3) is 0 Å². The predicted molar refractivity (Wildman–Crippen MR) is 73.7 cm³/mol. The summed E-state index contributed by atoms with van der Waals surface area (Å²) in [5, 5.41) is 0. The zero-order valence-electron chi connectivity index (χ0n) is 11.5. The van der Waals surface area contributed by atoms with Gasteiger partial charge in [0.1, 0.15) is 16.5 Å². The van der Waals surface area contributed by atoms with E-state index in [1.807, 2.05) is 13.8 Å². The molecule has 1 heterocycles. The van der Waals surface area contributed by atoms with Gasteiger partial charge in [0.15, 0.2) is 0 Å². The van der Waals surface area contributed by atoms with Crippen LogP contribution >= 0.6 is 10.7 Å². The number of amides is 1. The molecule has 4 nitrogen and oxygen atoms in total. The van der Waals surface area contributed by atoms with Crippen LogP contribution in [0.2, 0.25) is 0 Å². The molecule has 1 aromatic rings. The Balaban J connectivity index is 2.43. The van der Waals surface area contributed by atoms with E-state index in [0.717, 1.165) is 6.42 Å². The number of hydrogen-bond donors (Lipinski definition) is 0. The van der Waals surface area contributed by atoms with Gasteiger partial charge in [0.2, 0.25) is 0 Å². The Morgan fingerprint density at radius 3 is 2.38 bits per heavy atom. The molecular formula is C13H14ClF2NO3S. The Morgan fingerprint density at radius 2 is 1.90 bits per heavy atom. The van der Waals surface area contributed by atoms with Crippen LogP contribution < -0.4 is 0 Å². The Kier molecular flexibility index (Phi) is 4.01. The van der Waals surface area contributed by atoms with E-state index in [1.54, 1.807) is 0 Å². The smallest absolute Gasteiger partial charge is 0.264 e. The number of hydrogen-bond acceptors (Lipinski definition) is 3. The Hall–Kier alpha value is -1.21. The van der Waals surface area contributed by atoms with Crippen molar-refractivity contribution in [3.05, 3.63) is 29.3 Å². The maximum absolute atomic E-state index is 13.8. The standard InChI is InChI=1S/C13H14ClF2NO3S/c1-13(2)3-4-17(7-13)12(18)8-5-11(21(14,19)20)10(16)6-9(8)15/h5-6H,3-4,7H2,1-2H3. The van der Waals surface area contributed by atoms with Crippen molar-refractivity contribution in [1.82, 2.24) is 4.90 Å². The van der Waals surface area contributed by atoms with E-state index in [-0.39, 0.29) is 5.41 Å². The van der Waals surface area contributed by atoms with Crippen LogP contribution in [-0.2, 0) is 9.05 Å². The number of nitrogens with zero attached hydrogens (tertiary/aromatic N) is 1. The highest BCUT2D eigenvalue weighted by atomic mass is 35.7. The lowest BCUT2D eigenvalue weighted by molar-refractivity contribution is 0.0773. The Labute approximate surface area is 126 Å². The summed E-state index contributed by atoms with van der Waals surface area (Å²) in [7, 11) is 0.690. The van der Waals surface area contributed by atoms with Gasteiger partial charge in [-0.2, -0.15) is 0 Å². The van der Waals surface area contributed by atoms with E-state index in [4.69, 9.17) is 10.7 Å². The highest BCUT2D eigenvalue weighted by molar-refractivity contribution is 8.13. The molecule has 0 saturated carbocycles. The van der Waals surface area contributed by atoms with Crippen molar-refractivity contribution in [1.29, 1.82) is 0 Å². The zero-order valence-corrected chi connectivity index (χ0v) is 13.1. The molecule has 8 heteroatoms. The molecule has 0 spiro atoms. The molecule has 1 saturated heterocycles. The number of likely N-dealkylation sites (tertiary alicyclic amines) is 1. The van der Waals surface area contributed by atoms with Gasteiger partial charge in [-0.15, -0.1) is 0 Å². The van der Waals surface area contributed by atoms with Crippen LogP contribution in [0.3, 0.4) is 0 Å². The maximum Gasteiger partial charge on any atom is 0.264 e. The van der Waals surface area contributed by atoms with Crippen LogP contribution in [0.4, 0.5) is 8.78 Å². The van der Waals surface area contributed by atoms with Gasteiger partial charge < -0.3 is 4.90 Å². The number of carbonyl (C=O) groups excluding carboxylic acids is 1. The molecule has 21 heavy (non-hydrogen) atoms. The van der Waals surface area contributed by atoms with Crippen LogP contribution in [0.1, 0.15) is 30.6 Å². The minimum Gasteiger partial charge on any atom is -0.338 e. The molecule has 116 valence electrons. The lowest BCUT2D eigenvalue weighted by atomic mass is 9.93. The molecule has 0 N–H and O–H groups in total. The minimum atomic E-state index is -4.39.